The highest BCUT2D eigenvalue weighted by Gasteiger charge is 2.31. The molecule has 1 rings (SSSR count). The van der Waals surface area contributed by atoms with Crippen LogP contribution in [-0.4, -0.2) is 48.2 Å². The van der Waals surface area contributed by atoms with E-state index in [0.717, 1.165) is 19.6 Å². The standard InChI is InChI=1S/C12H24N2O2/c1-12(13-2,11(15)16)7-10-14-8-5-3-4-6-9-14/h13H,3-10H2,1-2H3,(H,15,16). The van der Waals surface area contributed by atoms with Gasteiger partial charge in [-0.2, -0.15) is 0 Å². The lowest BCUT2D eigenvalue weighted by Gasteiger charge is -2.28. The van der Waals surface area contributed by atoms with Crippen LogP contribution in [0.1, 0.15) is 39.0 Å². The van der Waals surface area contributed by atoms with Crippen molar-refractivity contribution in [3.8, 4) is 0 Å². The molecule has 1 heterocycles. The normalized spacial score (nSPS) is 22.4. The topological polar surface area (TPSA) is 52.6 Å². The van der Waals surface area contributed by atoms with Gasteiger partial charge in [0.25, 0.3) is 0 Å². The van der Waals surface area contributed by atoms with Crippen molar-refractivity contribution in [3.05, 3.63) is 0 Å². The fraction of sp³-hybridized carbons (Fsp3) is 0.917. The molecule has 1 fully saturated rings. The third-order valence-electron chi connectivity index (χ3n) is 3.65. The second kappa shape index (κ2) is 6.21. The number of carbonyl (C=O) groups is 1. The number of nitrogens with zero attached hydrogens (tertiary/aromatic N) is 1. The molecule has 0 aromatic carbocycles. The minimum absolute atomic E-state index is 0.666. The summed E-state index contributed by atoms with van der Waals surface area (Å²) in [4.78, 5) is 13.5. The predicted molar refractivity (Wildman–Crippen MR) is 64.6 cm³/mol. The molecule has 0 spiro atoms. The molecule has 1 saturated heterocycles. The average molecular weight is 228 g/mol. The van der Waals surface area contributed by atoms with Gasteiger partial charge in [-0.15, -0.1) is 0 Å². The first-order valence-corrected chi connectivity index (χ1v) is 6.23. The fourth-order valence-electron chi connectivity index (χ4n) is 2.08. The van der Waals surface area contributed by atoms with Gasteiger partial charge in [0, 0.05) is 6.54 Å². The van der Waals surface area contributed by atoms with Gasteiger partial charge in [-0.05, 0) is 46.3 Å². The number of hydrogen-bond acceptors (Lipinski definition) is 3. The van der Waals surface area contributed by atoms with E-state index < -0.39 is 11.5 Å². The first-order valence-electron chi connectivity index (χ1n) is 6.23. The van der Waals surface area contributed by atoms with E-state index >= 15 is 0 Å². The summed E-state index contributed by atoms with van der Waals surface area (Å²) in [5, 5.41) is 12.0. The number of carboxylic acid groups (broad SMARTS) is 1. The molecule has 0 radical (unpaired) electrons. The van der Waals surface area contributed by atoms with Gasteiger partial charge in [-0.3, -0.25) is 4.79 Å². The van der Waals surface area contributed by atoms with E-state index in [-0.39, 0.29) is 0 Å². The Kier molecular flexibility index (Phi) is 5.22. The van der Waals surface area contributed by atoms with Crippen LogP contribution in [0, 0.1) is 0 Å². The Labute approximate surface area is 98.0 Å². The lowest BCUT2D eigenvalue weighted by molar-refractivity contribution is -0.144. The number of likely N-dealkylation sites (N-methyl/N-ethyl adjacent to an activating group) is 1. The number of aliphatic carboxylic acids is 1. The van der Waals surface area contributed by atoms with E-state index in [2.05, 4.69) is 10.2 Å². The first kappa shape index (κ1) is 13.5. The highest BCUT2D eigenvalue weighted by atomic mass is 16.4. The Morgan fingerprint density at radius 2 is 1.88 bits per heavy atom. The molecular formula is C12H24N2O2. The van der Waals surface area contributed by atoms with Gasteiger partial charge in [0.15, 0.2) is 0 Å². The van der Waals surface area contributed by atoms with Gasteiger partial charge in [0.1, 0.15) is 5.54 Å². The molecule has 0 aliphatic carbocycles. The van der Waals surface area contributed by atoms with Crippen LogP contribution in [0.5, 0.6) is 0 Å². The fourth-order valence-corrected chi connectivity index (χ4v) is 2.08. The quantitative estimate of drug-likeness (QED) is 0.745. The predicted octanol–water partition coefficient (Wildman–Crippen LogP) is 1.32. The van der Waals surface area contributed by atoms with Crippen molar-refractivity contribution in [1.29, 1.82) is 0 Å². The molecule has 4 heteroatoms. The van der Waals surface area contributed by atoms with Crippen molar-refractivity contribution < 1.29 is 9.90 Å². The molecular weight excluding hydrogens is 204 g/mol. The van der Waals surface area contributed by atoms with Crippen molar-refractivity contribution in [1.82, 2.24) is 10.2 Å². The van der Waals surface area contributed by atoms with Gasteiger partial charge in [-0.1, -0.05) is 12.8 Å². The van der Waals surface area contributed by atoms with Crippen molar-refractivity contribution in [2.75, 3.05) is 26.7 Å². The van der Waals surface area contributed by atoms with Gasteiger partial charge in [0.05, 0.1) is 0 Å². The third kappa shape index (κ3) is 3.76. The van der Waals surface area contributed by atoms with E-state index in [1.807, 2.05) is 0 Å². The largest absolute Gasteiger partial charge is 0.480 e. The van der Waals surface area contributed by atoms with Crippen LogP contribution in [-0.2, 0) is 4.79 Å². The molecule has 2 N–H and O–H groups in total. The summed E-state index contributed by atoms with van der Waals surface area (Å²) in [5.41, 5.74) is -0.785. The molecule has 4 nitrogen and oxygen atoms in total. The number of carboxylic acids is 1. The van der Waals surface area contributed by atoms with Crippen LogP contribution in [0.15, 0.2) is 0 Å². The molecule has 94 valence electrons. The molecule has 1 unspecified atom stereocenters. The zero-order chi connectivity index (χ0) is 12.0. The Hall–Kier alpha value is -0.610. The summed E-state index contributed by atoms with van der Waals surface area (Å²) in [5.74, 6) is -0.759. The summed E-state index contributed by atoms with van der Waals surface area (Å²) in [6.45, 7) is 4.88. The second-order valence-electron chi connectivity index (χ2n) is 4.89. The zero-order valence-electron chi connectivity index (χ0n) is 10.5. The minimum Gasteiger partial charge on any atom is -0.480 e. The van der Waals surface area contributed by atoms with E-state index in [1.165, 1.54) is 25.7 Å². The Morgan fingerprint density at radius 3 is 2.31 bits per heavy atom. The summed E-state index contributed by atoms with van der Waals surface area (Å²) < 4.78 is 0. The van der Waals surface area contributed by atoms with E-state index in [1.54, 1.807) is 14.0 Å². The molecule has 16 heavy (non-hydrogen) atoms. The maximum absolute atomic E-state index is 11.1. The number of hydrogen-bond donors (Lipinski definition) is 2. The van der Waals surface area contributed by atoms with Crippen LogP contribution >= 0.6 is 0 Å². The molecule has 0 aromatic heterocycles. The Bertz CT molecular complexity index is 225. The van der Waals surface area contributed by atoms with Crippen LogP contribution in [0.25, 0.3) is 0 Å². The Balaban J connectivity index is 2.39. The monoisotopic (exact) mass is 228 g/mol. The van der Waals surface area contributed by atoms with Gasteiger partial charge < -0.3 is 15.3 Å². The molecule has 0 aromatic rings. The van der Waals surface area contributed by atoms with E-state index in [4.69, 9.17) is 5.11 Å². The van der Waals surface area contributed by atoms with Crippen molar-refractivity contribution in [2.24, 2.45) is 0 Å². The maximum atomic E-state index is 11.1. The van der Waals surface area contributed by atoms with Crippen LogP contribution < -0.4 is 5.32 Å². The third-order valence-corrected chi connectivity index (χ3v) is 3.65. The van der Waals surface area contributed by atoms with Crippen molar-refractivity contribution in [3.63, 3.8) is 0 Å². The second-order valence-corrected chi connectivity index (χ2v) is 4.89. The van der Waals surface area contributed by atoms with Gasteiger partial charge >= 0.3 is 5.97 Å². The van der Waals surface area contributed by atoms with E-state index in [0.29, 0.717) is 6.42 Å². The highest BCUT2D eigenvalue weighted by Crippen LogP contribution is 2.14. The SMILES string of the molecule is CNC(C)(CCN1CCCCCC1)C(=O)O. The number of nitrogens with one attached hydrogen (secondary N) is 1. The van der Waals surface area contributed by atoms with Crippen LogP contribution in [0.3, 0.4) is 0 Å². The van der Waals surface area contributed by atoms with Crippen molar-refractivity contribution >= 4 is 5.97 Å². The summed E-state index contributed by atoms with van der Waals surface area (Å²) >= 11 is 0. The van der Waals surface area contributed by atoms with Gasteiger partial charge in [-0.25, -0.2) is 0 Å². The lowest BCUT2D eigenvalue weighted by Crippen LogP contribution is -2.49. The number of likely N-dealkylation sites (tertiary alicyclic amines) is 1. The molecule has 0 amide bonds. The van der Waals surface area contributed by atoms with Crippen molar-refractivity contribution in [2.45, 2.75) is 44.6 Å². The van der Waals surface area contributed by atoms with E-state index in [9.17, 15) is 4.79 Å². The molecule has 1 aliphatic heterocycles. The summed E-state index contributed by atoms with van der Waals surface area (Å²) in [6, 6.07) is 0. The molecule has 0 saturated carbocycles. The molecule has 0 bridgehead atoms. The number of rotatable bonds is 5. The smallest absolute Gasteiger partial charge is 0.323 e. The lowest BCUT2D eigenvalue weighted by atomic mass is 9.98. The summed E-state index contributed by atoms with van der Waals surface area (Å²) in [6.07, 6.45) is 5.81. The average Bonchev–Trinajstić information content (AvgIpc) is 2.54. The highest BCUT2D eigenvalue weighted by molar-refractivity contribution is 5.78. The summed E-state index contributed by atoms with van der Waals surface area (Å²) in [7, 11) is 1.72. The van der Waals surface area contributed by atoms with Gasteiger partial charge in [0.2, 0.25) is 0 Å². The van der Waals surface area contributed by atoms with Crippen LogP contribution in [0.4, 0.5) is 0 Å². The first-order chi connectivity index (χ1) is 7.58. The van der Waals surface area contributed by atoms with Crippen LogP contribution in [0.2, 0.25) is 0 Å². The zero-order valence-corrected chi connectivity index (χ0v) is 10.5. The minimum atomic E-state index is -0.785. The molecule has 1 atom stereocenters. The molecule has 1 aliphatic rings. The Morgan fingerprint density at radius 1 is 1.31 bits per heavy atom. The maximum Gasteiger partial charge on any atom is 0.323 e.